The van der Waals surface area contributed by atoms with Gasteiger partial charge in [0.25, 0.3) is 5.91 Å². The highest BCUT2D eigenvalue weighted by molar-refractivity contribution is 5.94. The topological polar surface area (TPSA) is 53.4 Å². The summed E-state index contributed by atoms with van der Waals surface area (Å²) in [6.07, 6.45) is 1.35. The van der Waals surface area contributed by atoms with Crippen molar-refractivity contribution in [2.45, 2.75) is 12.5 Å². The third kappa shape index (κ3) is 1.97. The van der Waals surface area contributed by atoms with Crippen molar-refractivity contribution in [1.29, 1.82) is 0 Å². The van der Waals surface area contributed by atoms with Crippen molar-refractivity contribution in [3.05, 3.63) is 29.8 Å². The van der Waals surface area contributed by atoms with E-state index < -0.39 is 18.0 Å². The molecule has 0 radical (unpaired) electrons. The second-order valence-electron chi connectivity index (χ2n) is 3.54. The Bertz CT molecular complexity index is 383. The van der Waals surface area contributed by atoms with Crippen LogP contribution >= 0.6 is 0 Å². The van der Waals surface area contributed by atoms with E-state index in [4.69, 9.17) is 0 Å². The van der Waals surface area contributed by atoms with Gasteiger partial charge < -0.3 is 10.0 Å². The molecule has 15 heavy (non-hydrogen) atoms. The summed E-state index contributed by atoms with van der Waals surface area (Å²) in [6.45, 7) is 0.738. The highest BCUT2D eigenvalue weighted by Gasteiger charge is 2.27. The van der Waals surface area contributed by atoms with Crippen molar-refractivity contribution in [2.24, 2.45) is 0 Å². The molecule has 80 valence electrons. The SMILES string of the molecule is O=C(c1cccnc1F)N1CC[C@@H](O)C1. The number of β-amino-alcohol motifs (C(OH)–C–C–N with tert-alkyl or cyclic N) is 1. The van der Waals surface area contributed by atoms with E-state index in [9.17, 15) is 14.3 Å². The molecule has 0 spiro atoms. The number of pyridine rings is 1. The Kier molecular flexibility index (Phi) is 2.64. The lowest BCUT2D eigenvalue weighted by molar-refractivity contribution is 0.0759. The number of carbonyl (C=O) groups excluding carboxylic acids is 1. The maximum atomic E-state index is 13.2. The number of aliphatic hydroxyl groups excluding tert-OH is 1. The summed E-state index contributed by atoms with van der Waals surface area (Å²) in [6, 6.07) is 2.91. The highest BCUT2D eigenvalue weighted by atomic mass is 19.1. The first kappa shape index (κ1) is 10.0. The van der Waals surface area contributed by atoms with E-state index in [0.29, 0.717) is 13.0 Å². The number of aromatic nitrogens is 1. The number of hydrogen-bond acceptors (Lipinski definition) is 3. The highest BCUT2D eigenvalue weighted by Crippen LogP contribution is 2.14. The molecule has 0 aliphatic carbocycles. The van der Waals surface area contributed by atoms with Crippen LogP contribution < -0.4 is 0 Å². The van der Waals surface area contributed by atoms with Crippen LogP contribution in [-0.4, -0.2) is 40.1 Å². The number of rotatable bonds is 1. The van der Waals surface area contributed by atoms with Crippen LogP contribution in [0.4, 0.5) is 4.39 Å². The van der Waals surface area contributed by atoms with Gasteiger partial charge in [0.1, 0.15) is 0 Å². The molecule has 0 bridgehead atoms. The maximum Gasteiger partial charge on any atom is 0.258 e. The van der Waals surface area contributed by atoms with Gasteiger partial charge in [0.2, 0.25) is 5.95 Å². The zero-order valence-corrected chi connectivity index (χ0v) is 8.06. The zero-order valence-electron chi connectivity index (χ0n) is 8.06. The van der Waals surface area contributed by atoms with Gasteiger partial charge in [-0.15, -0.1) is 0 Å². The van der Waals surface area contributed by atoms with Crippen LogP contribution in [-0.2, 0) is 0 Å². The van der Waals surface area contributed by atoms with Gasteiger partial charge >= 0.3 is 0 Å². The van der Waals surface area contributed by atoms with Gasteiger partial charge in [-0.05, 0) is 18.6 Å². The molecule has 1 N–H and O–H groups in total. The van der Waals surface area contributed by atoms with Crippen LogP contribution in [0.5, 0.6) is 0 Å². The largest absolute Gasteiger partial charge is 0.391 e. The van der Waals surface area contributed by atoms with E-state index in [-0.39, 0.29) is 12.1 Å². The van der Waals surface area contributed by atoms with E-state index in [1.165, 1.54) is 23.2 Å². The van der Waals surface area contributed by atoms with Crippen molar-refractivity contribution in [2.75, 3.05) is 13.1 Å². The average Bonchev–Trinajstić information content (AvgIpc) is 2.65. The molecule has 2 heterocycles. The molecule has 1 aromatic heterocycles. The monoisotopic (exact) mass is 210 g/mol. The fraction of sp³-hybridized carbons (Fsp3) is 0.400. The average molecular weight is 210 g/mol. The normalized spacial score (nSPS) is 20.7. The molecule has 4 nitrogen and oxygen atoms in total. The van der Waals surface area contributed by atoms with Crippen LogP contribution in [0.15, 0.2) is 18.3 Å². The van der Waals surface area contributed by atoms with Crippen LogP contribution in [0.3, 0.4) is 0 Å². The molecule has 0 saturated carbocycles. The van der Waals surface area contributed by atoms with Crippen LogP contribution in [0.25, 0.3) is 0 Å². The zero-order chi connectivity index (χ0) is 10.8. The van der Waals surface area contributed by atoms with Crippen molar-refractivity contribution in [3.63, 3.8) is 0 Å². The van der Waals surface area contributed by atoms with Gasteiger partial charge in [-0.25, -0.2) is 4.98 Å². The van der Waals surface area contributed by atoms with Gasteiger partial charge in [-0.3, -0.25) is 4.79 Å². The van der Waals surface area contributed by atoms with Gasteiger partial charge in [-0.1, -0.05) is 0 Å². The number of nitrogens with zero attached hydrogens (tertiary/aromatic N) is 2. The third-order valence-corrected chi connectivity index (χ3v) is 2.44. The van der Waals surface area contributed by atoms with E-state index in [0.717, 1.165) is 0 Å². The molecule has 1 fully saturated rings. The van der Waals surface area contributed by atoms with E-state index >= 15 is 0 Å². The Morgan fingerprint density at radius 2 is 2.47 bits per heavy atom. The second kappa shape index (κ2) is 3.94. The number of amides is 1. The lowest BCUT2D eigenvalue weighted by Gasteiger charge is -2.15. The second-order valence-corrected chi connectivity index (χ2v) is 3.54. The number of likely N-dealkylation sites (tertiary alicyclic amines) is 1. The lowest BCUT2D eigenvalue weighted by atomic mass is 10.2. The first-order valence-electron chi connectivity index (χ1n) is 4.76. The molecule has 5 heteroatoms. The van der Waals surface area contributed by atoms with Crippen LogP contribution in [0, 0.1) is 5.95 Å². The number of aliphatic hydroxyl groups is 1. The van der Waals surface area contributed by atoms with Crippen LogP contribution in [0.1, 0.15) is 16.8 Å². The van der Waals surface area contributed by atoms with E-state index in [1.54, 1.807) is 0 Å². The van der Waals surface area contributed by atoms with Crippen molar-refractivity contribution in [3.8, 4) is 0 Å². The lowest BCUT2D eigenvalue weighted by Crippen LogP contribution is -2.30. The van der Waals surface area contributed by atoms with Gasteiger partial charge in [-0.2, -0.15) is 4.39 Å². The van der Waals surface area contributed by atoms with E-state index in [2.05, 4.69) is 4.98 Å². The van der Waals surface area contributed by atoms with E-state index in [1.807, 2.05) is 0 Å². The Morgan fingerprint density at radius 3 is 3.07 bits per heavy atom. The summed E-state index contributed by atoms with van der Waals surface area (Å²) >= 11 is 0. The Balaban J connectivity index is 2.18. The number of hydrogen-bond donors (Lipinski definition) is 1. The standard InChI is InChI=1S/C10H11FN2O2/c11-9-8(2-1-4-12-9)10(15)13-5-3-7(14)6-13/h1-2,4,7,14H,3,5-6H2/t7-/m1/s1. The molecule has 1 amide bonds. The quantitative estimate of drug-likeness (QED) is 0.684. The van der Waals surface area contributed by atoms with Gasteiger partial charge in [0.05, 0.1) is 11.7 Å². The van der Waals surface area contributed by atoms with Crippen molar-refractivity contribution in [1.82, 2.24) is 9.88 Å². The van der Waals surface area contributed by atoms with Crippen LogP contribution in [0.2, 0.25) is 0 Å². The minimum Gasteiger partial charge on any atom is -0.391 e. The molecule has 2 rings (SSSR count). The van der Waals surface area contributed by atoms with Crippen molar-refractivity contribution < 1.29 is 14.3 Å². The Hall–Kier alpha value is -1.49. The maximum absolute atomic E-state index is 13.2. The fourth-order valence-corrected chi connectivity index (χ4v) is 1.64. The molecular formula is C10H11FN2O2. The van der Waals surface area contributed by atoms with Gasteiger partial charge in [0, 0.05) is 19.3 Å². The Labute approximate surface area is 86.4 Å². The summed E-state index contributed by atoms with van der Waals surface area (Å²) in [5.41, 5.74) is -0.0356. The summed E-state index contributed by atoms with van der Waals surface area (Å²) in [5.74, 6) is -1.17. The summed E-state index contributed by atoms with van der Waals surface area (Å²) in [5, 5.41) is 9.26. The molecule has 1 aliphatic heterocycles. The van der Waals surface area contributed by atoms with Crippen molar-refractivity contribution >= 4 is 5.91 Å². The summed E-state index contributed by atoms with van der Waals surface area (Å²) in [7, 11) is 0. The molecule has 0 unspecified atom stereocenters. The first-order chi connectivity index (χ1) is 7.18. The molecule has 1 aliphatic rings. The molecule has 1 atom stereocenters. The first-order valence-corrected chi connectivity index (χ1v) is 4.76. The number of carbonyl (C=O) groups is 1. The molecule has 1 aromatic rings. The summed E-state index contributed by atoms with van der Waals surface area (Å²) < 4.78 is 13.2. The minimum atomic E-state index is -0.760. The number of halogens is 1. The predicted molar refractivity (Wildman–Crippen MR) is 50.7 cm³/mol. The molecular weight excluding hydrogens is 199 g/mol. The van der Waals surface area contributed by atoms with Gasteiger partial charge in [0.15, 0.2) is 0 Å². The minimum absolute atomic E-state index is 0.0356. The summed E-state index contributed by atoms with van der Waals surface area (Å²) in [4.78, 5) is 16.6. The Morgan fingerprint density at radius 1 is 1.67 bits per heavy atom. The predicted octanol–water partition coefficient (Wildman–Crippen LogP) is 0.427. The third-order valence-electron chi connectivity index (χ3n) is 2.44. The fourth-order valence-electron chi connectivity index (χ4n) is 1.64. The molecule has 0 aromatic carbocycles. The molecule has 1 saturated heterocycles. The smallest absolute Gasteiger partial charge is 0.258 e.